The summed E-state index contributed by atoms with van der Waals surface area (Å²) in [6, 6.07) is 9.17. The van der Waals surface area contributed by atoms with Crippen LogP contribution < -0.4 is 5.32 Å². The van der Waals surface area contributed by atoms with Crippen molar-refractivity contribution < 1.29 is 27.6 Å². The molecule has 0 heterocycles. The summed E-state index contributed by atoms with van der Waals surface area (Å²) >= 11 is 31.0. The third kappa shape index (κ3) is 8.24. The van der Waals surface area contributed by atoms with Gasteiger partial charge in [0.15, 0.2) is 5.78 Å². The molecule has 1 N–H and O–H groups in total. The first kappa shape index (κ1) is 30.0. The SMILES string of the molecule is O=C(CCCC(=O)c1cc(NC(=O)C2C(c3cc(Cl)cc(Cl)c3)C2(Cl)Cl)ccc1Cl)CCCC(F)(F)F. The van der Waals surface area contributed by atoms with Gasteiger partial charge in [-0.05, 0) is 54.8 Å². The van der Waals surface area contributed by atoms with Gasteiger partial charge < -0.3 is 5.32 Å². The minimum atomic E-state index is -4.30. The molecule has 0 radical (unpaired) electrons. The standard InChI is InChI=1S/C25H21Cl5F3NO3/c26-14-9-13(10-15(27)11-14)21-22(25(21,29)30)23(37)34-16-6-7-19(28)18(12-16)20(36)5-1-3-17(35)4-2-8-24(31,32)33/h6-7,9-12,21-22H,1-5,8H2,(H,34,37). The Labute approximate surface area is 236 Å². The number of nitrogens with one attached hydrogen (secondary N) is 1. The van der Waals surface area contributed by atoms with Crippen molar-refractivity contribution in [1.29, 1.82) is 0 Å². The molecule has 2 unspecified atom stereocenters. The second-order valence-electron chi connectivity index (χ2n) is 8.80. The van der Waals surface area contributed by atoms with Gasteiger partial charge in [0.2, 0.25) is 5.91 Å². The number of Topliss-reactive ketones (excluding diaryl/α,β-unsaturated/α-hetero) is 2. The van der Waals surface area contributed by atoms with E-state index in [9.17, 15) is 27.6 Å². The molecule has 2 aromatic rings. The molecule has 3 rings (SSSR count). The van der Waals surface area contributed by atoms with Crippen LogP contribution in [0.25, 0.3) is 0 Å². The van der Waals surface area contributed by atoms with Crippen molar-refractivity contribution in [1.82, 2.24) is 0 Å². The minimum absolute atomic E-state index is 0.0121. The first-order valence-electron chi connectivity index (χ1n) is 11.2. The number of hydrogen-bond donors (Lipinski definition) is 1. The molecule has 12 heteroatoms. The van der Waals surface area contributed by atoms with E-state index in [1.165, 1.54) is 18.2 Å². The number of benzene rings is 2. The van der Waals surface area contributed by atoms with Crippen LogP contribution in [0.2, 0.25) is 15.1 Å². The highest BCUT2D eigenvalue weighted by atomic mass is 35.5. The number of alkyl halides is 5. The summed E-state index contributed by atoms with van der Waals surface area (Å²) in [4.78, 5) is 37.4. The Bertz CT molecular complexity index is 1180. The van der Waals surface area contributed by atoms with Crippen LogP contribution in [0, 0.1) is 5.92 Å². The lowest BCUT2D eigenvalue weighted by Crippen LogP contribution is -2.17. The van der Waals surface area contributed by atoms with Gasteiger partial charge in [-0.25, -0.2) is 0 Å². The smallest absolute Gasteiger partial charge is 0.326 e. The van der Waals surface area contributed by atoms with E-state index < -0.39 is 34.7 Å². The second kappa shape index (κ2) is 12.1. The average molecular weight is 618 g/mol. The summed E-state index contributed by atoms with van der Waals surface area (Å²) in [5, 5.41) is 3.60. The van der Waals surface area contributed by atoms with Gasteiger partial charge in [-0.2, -0.15) is 13.2 Å². The van der Waals surface area contributed by atoms with Gasteiger partial charge in [0, 0.05) is 52.9 Å². The zero-order valence-electron chi connectivity index (χ0n) is 19.1. The number of carbonyl (C=O) groups is 3. The quantitative estimate of drug-likeness (QED) is 0.202. The molecule has 4 nitrogen and oxygen atoms in total. The van der Waals surface area contributed by atoms with E-state index in [1.807, 2.05) is 0 Å². The lowest BCUT2D eigenvalue weighted by molar-refractivity contribution is -0.137. The highest BCUT2D eigenvalue weighted by molar-refractivity contribution is 6.53. The molecule has 1 saturated carbocycles. The Morgan fingerprint density at radius 1 is 0.892 bits per heavy atom. The maximum Gasteiger partial charge on any atom is 0.389 e. The molecule has 0 bridgehead atoms. The first-order chi connectivity index (χ1) is 17.2. The Kier molecular flexibility index (Phi) is 9.84. The van der Waals surface area contributed by atoms with Gasteiger partial charge in [-0.3, -0.25) is 14.4 Å². The molecule has 1 amide bonds. The lowest BCUT2D eigenvalue weighted by Gasteiger charge is -2.09. The molecule has 2 atom stereocenters. The van der Waals surface area contributed by atoms with Gasteiger partial charge in [0.25, 0.3) is 0 Å². The fourth-order valence-electron chi connectivity index (χ4n) is 4.05. The van der Waals surface area contributed by atoms with Gasteiger partial charge >= 0.3 is 6.18 Å². The van der Waals surface area contributed by atoms with Crippen LogP contribution in [0.4, 0.5) is 18.9 Å². The van der Waals surface area contributed by atoms with Crippen molar-refractivity contribution in [2.45, 2.75) is 55.0 Å². The van der Waals surface area contributed by atoms with Crippen molar-refractivity contribution in [2.24, 2.45) is 5.92 Å². The fourth-order valence-corrected chi connectivity index (χ4v) is 5.64. The molecular formula is C25H21Cl5F3NO3. The fraction of sp³-hybridized carbons (Fsp3) is 0.400. The predicted octanol–water partition coefficient (Wildman–Crippen LogP) is 8.83. The number of carbonyl (C=O) groups excluding carboxylic acids is 3. The number of rotatable bonds is 11. The van der Waals surface area contributed by atoms with E-state index in [0.717, 1.165) is 0 Å². The zero-order valence-corrected chi connectivity index (χ0v) is 22.9. The molecule has 0 saturated heterocycles. The Hall–Kier alpha value is -1.51. The number of amides is 1. The third-order valence-corrected chi connectivity index (χ3v) is 7.60. The number of ketones is 2. The van der Waals surface area contributed by atoms with Crippen LogP contribution in [-0.2, 0) is 9.59 Å². The molecule has 0 aromatic heterocycles. The molecule has 2 aromatic carbocycles. The first-order valence-corrected chi connectivity index (χ1v) is 13.1. The number of hydrogen-bond acceptors (Lipinski definition) is 3. The summed E-state index contributed by atoms with van der Waals surface area (Å²) < 4.78 is 35.2. The Morgan fingerprint density at radius 2 is 1.51 bits per heavy atom. The van der Waals surface area contributed by atoms with E-state index in [4.69, 9.17) is 58.0 Å². The molecular weight excluding hydrogens is 597 g/mol. The molecule has 1 aliphatic rings. The topological polar surface area (TPSA) is 63.2 Å². The second-order valence-corrected chi connectivity index (χ2v) is 11.5. The normalized spacial score (nSPS) is 18.4. The van der Waals surface area contributed by atoms with E-state index in [1.54, 1.807) is 18.2 Å². The summed E-state index contributed by atoms with van der Waals surface area (Å²) in [5.74, 6) is -2.53. The van der Waals surface area contributed by atoms with Crippen molar-refractivity contribution in [3.63, 3.8) is 0 Å². The van der Waals surface area contributed by atoms with Crippen LogP contribution in [-0.4, -0.2) is 28.0 Å². The van der Waals surface area contributed by atoms with Crippen LogP contribution in [0.15, 0.2) is 36.4 Å². The van der Waals surface area contributed by atoms with Crippen LogP contribution in [0.1, 0.15) is 60.4 Å². The molecule has 37 heavy (non-hydrogen) atoms. The van der Waals surface area contributed by atoms with Crippen molar-refractivity contribution in [3.8, 4) is 0 Å². The highest BCUT2D eigenvalue weighted by Gasteiger charge is 2.67. The van der Waals surface area contributed by atoms with Crippen LogP contribution in [0.5, 0.6) is 0 Å². The van der Waals surface area contributed by atoms with Gasteiger partial charge in [0.1, 0.15) is 10.1 Å². The van der Waals surface area contributed by atoms with E-state index in [2.05, 4.69) is 5.32 Å². The van der Waals surface area contributed by atoms with E-state index in [0.29, 0.717) is 21.3 Å². The highest BCUT2D eigenvalue weighted by Crippen LogP contribution is 2.65. The third-order valence-electron chi connectivity index (χ3n) is 5.89. The van der Waals surface area contributed by atoms with Gasteiger partial charge in [-0.1, -0.05) is 34.8 Å². The van der Waals surface area contributed by atoms with Gasteiger partial charge in [0.05, 0.1) is 10.9 Å². The Morgan fingerprint density at radius 3 is 2.14 bits per heavy atom. The summed E-state index contributed by atoms with van der Waals surface area (Å²) in [5.41, 5.74) is 1.04. The number of anilines is 1. The maximum atomic E-state index is 12.9. The van der Waals surface area contributed by atoms with Crippen LogP contribution >= 0.6 is 58.0 Å². The molecule has 1 aliphatic carbocycles. The predicted molar refractivity (Wildman–Crippen MR) is 140 cm³/mol. The lowest BCUT2D eigenvalue weighted by atomic mass is 10.0. The molecule has 1 fully saturated rings. The summed E-state index contributed by atoms with van der Waals surface area (Å²) in [6.07, 6.45) is -5.66. The number of halogens is 8. The minimum Gasteiger partial charge on any atom is -0.326 e. The summed E-state index contributed by atoms with van der Waals surface area (Å²) in [6.45, 7) is 0. The van der Waals surface area contributed by atoms with Crippen LogP contribution in [0.3, 0.4) is 0 Å². The summed E-state index contributed by atoms with van der Waals surface area (Å²) in [7, 11) is 0. The average Bonchev–Trinajstić information content (AvgIpc) is 3.35. The van der Waals surface area contributed by atoms with E-state index >= 15 is 0 Å². The van der Waals surface area contributed by atoms with Crippen molar-refractivity contribution >= 4 is 81.2 Å². The van der Waals surface area contributed by atoms with E-state index in [-0.39, 0.29) is 54.3 Å². The Balaban J connectivity index is 1.58. The molecule has 200 valence electrons. The molecule has 0 aliphatic heterocycles. The van der Waals surface area contributed by atoms with Crippen molar-refractivity contribution in [3.05, 3.63) is 62.6 Å². The maximum absolute atomic E-state index is 12.9. The largest absolute Gasteiger partial charge is 0.389 e. The van der Waals surface area contributed by atoms with Crippen molar-refractivity contribution in [2.75, 3.05) is 5.32 Å². The van der Waals surface area contributed by atoms with Gasteiger partial charge in [-0.15, -0.1) is 23.2 Å². The zero-order chi connectivity index (χ0) is 27.5. The monoisotopic (exact) mass is 615 g/mol. The molecule has 0 spiro atoms.